The molecule has 3 aromatic rings. The molecular weight excluding hydrogens is 435 g/mol. The number of nitrogens with zero attached hydrogens (tertiary/aromatic N) is 4. The third kappa shape index (κ3) is 5.16. The Bertz CT molecular complexity index is 1060. The topological polar surface area (TPSA) is 44.3 Å². The normalized spacial score (nSPS) is 14.1. The predicted octanol–water partition coefficient (Wildman–Crippen LogP) is 4.23. The molecule has 1 aromatic heterocycles. The Labute approximate surface area is 189 Å². The van der Waals surface area contributed by atoms with Crippen LogP contribution in [0.2, 0.25) is 0 Å². The number of anilines is 2. The first-order valence-corrected chi connectivity index (χ1v) is 11.6. The van der Waals surface area contributed by atoms with Crippen molar-refractivity contribution in [3.8, 4) is 0 Å². The van der Waals surface area contributed by atoms with Gasteiger partial charge in [0.15, 0.2) is 16.8 Å². The van der Waals surface area contributed by atoms with Crippen molar-refractivity contribution in [3.05, 3.63) is 77.2 Å². The van der Waals surface area contributed by atoms with Crippen molar-refractivity contribution in [1.29, 1.82) is 0 Å². The molecule has 0 radical (unpaired) electrons. The average Bonchev–Trinajstić information content (AvgIpc) is 2.82. The van der Waals surface area contributed by atoms with Crippen molar-refractivity contribution in [2.75, 3.05) is 42.2 Å². The summed E-state index contributed by atoms with van der Waals surface area (Å²) in [5.41, 5.74) is 2.17. The predicted molar refractivity (Wildman–Crippen MR) is 122 cm³/mol. The van der Waals surface area contributed by atoms with Crippen molar-refractivity contribution in [2.45, 2.75) is 18.2 Å². The van der Waals surface area contributed by atoms with Gasteiger partial charge in [-0.1, -0.05) is 23.9 Å². The fourth-order valence-corrected chi connectivity index (χ4v) is 4.06. The first kappa shape index (κ1) is 22.4. The van der Waals surface area contributed by atoms with E-state index in [4.69, 9.17) is 4.98 Å². The lowest BCUT2D eigenvalue weighted by atomic mass is 10.2. The first-order chi connectivity index (χ1) is 15.5. The number of hydrogen-bond acceptors (Lipinski definition) is 6. The van der Waals surface area contributed by atoms with E-state index < -0.39 is 11.6 Å². The third-order valence-electron chi connectivity index (χ3n) is 5.44. The highest BCUT2D eigenvalue weighted by atomic mass is 32.2. The molecule has 1 aliphatic heterocycles. The van der Waals surface area contributed by atoms with E-state index >= 15 is 0 Å². The molecule has 0 aliphatic carbocycles. The molecule has 1 saturated heterocycles. The van der Waals surface area contributed by atoms with Gasteiger partial charge in [0.1, 0.15) is 11.6 Å². The lowest BCUT2D eigenvalue weighted by molar-refractivity contribution is 0.492. The molecule has 0 spiro atoms. The van der Waals surface area contributed by atoms with Gasteiger partial charge >= 0.3 is 0 Å². The molecule has 0 amide bonds. The molecule has 32 heavy (non-hydrogen) atoms. The number of aromatic nitrogens is 2. The van der Waals surface area contributed by atoms with Gasteiger partial charge in [0.25, 0.3) is 0 Å². The Morgan fingerprint density at radius 2 is 1.59 bits per heavy atom. The van der Waals surface area contributed by atoms with Gasteiger partial charge in [-0.15, -0.1) is 0 Å². The SMILES string of the molecule is CSc1ncc(CNCc2cccc(F)c2F)c(N2CCN(c3ccc(F)cc3)CC2)n1. The summed E-state index contributed by atoms with van der Waals surface area (Å²) in [6.45, 7) is 3.71. The molecule has 2 heterocycles. The minimum atomic E-state index is -0.850. The van der Waals surface area contributed by atoms with E-state index in [-0.39, 0.29) is 17.9 Å². The first-order valence-electron chi connectivity index (χ1n) is 10.3. The second-order valence-electron chi connectivity index (χ2n) is 7.47. The van der Waals surface area contributed by atoms with E-state index in [2.05, 4.69) is 20.1 Å². The Hall–Kier alpha value is -2.78. The zero-order valence-corrected chi connectivity index (χ0v) is 18.5. The highest BCUT2D eigenvalue weighted by Crippen LogP contribution is 2.24. The molecule has 0 saturated carbocycles. The molecule has 4 rings (SSSR count). The minimum absolute atomic E-state index is 0.200. The second-order valence-corrected chi connectivity index (χ2v) is 8.25. The van der Waals surface area contributed by atoms with Gasteiger partial charge in [-0.3, -0.25) is 0 Å². The summed E-state index contributed by atoms with van der Waals surface area (Å²) in [6.07, 6.45) is 3.71. The lowest BCUT2D eigenvalue weighted by Crippen LogP contribution is -2.47. The van der Waals surface area contributed by atoms with Crippen LogP contribution >= 0.6 is 11.8 Å². The number of thioether (sulfide) groups is 1. The molecule has 9 heteroatoms. The van der Waals surface area contributed by atoms with E-state index in [0.717, 1.165) is 49.3 Å². The minimum Gasteiger partial charge on any atom is -0.368 e. The van der Waals surface area contributed by atoms with Crippen molar-refractivity contribution in [3.63, 3.8) is 0 Å². The summed E-state index contributed by atoms with van der Waals surface area (Å²) in [6, 6.07) is 10.7. The van der Waals surface area contributed by atoms with Gasteiger partial charge in [0, 0.05) is 62.3 Å². The highest BCUT2D eigenvalue weighted by Gasteiger charge is 2.21. The summed E-state index contributed by atoms with van der Waals surface area (Å²) < 4.78 is 40.6. The van der Waals surface area contributed by atoms with Crippen LogP contribution in [0, 0.1) is 17.5 Å². The number of benzene rings is 2. The zero-order valence-electron chi connectivity index (χ0n) is 17.7. The van der Waals surface area contributed by atoms with Crippen LogP contribution in [-0.4, -0.2) is 42.4 Å². The van der Waals surface area contributed by atoms with Gasteiger partial charge in [-0.05, 0) is 36.6 Å². The molecule has 0 atom stereocenters. The summed E-state index contributed by atoms with van der Waals surface area (Å²) in [5.74, 6) is -1.08. The maximum absolute atomic E-state index is 13.9. The summed E-state index contributed by atoms with van der Waals surface area (Å²) in [4.78, 5) is 13.5. The molecule has 1 N–H and O–H groups in total. The van der Waals surface area contributed by atoms with Crippen LogP contribution in [0.5, 0.6) is 0 Å². The number of hydrogen-bond donors (Lipinski definition) is 1. The number of nitrogens with one attached hydrogen (secondary N) is 1. The quantitative estimate of drug-likeness (QED) is 0.421. The second kappa shape index (κ2) is 10.2. The lowest BCUT2D eigenvalue weighted by Gasteiger charge is -2.37. The monoisotopic (exact) mass is 459 g/mol. The number of piperazine rings is 1. The number of rotatable bonds is 7. The largest absolute Gasteiger partial charge is 0.368 e. The van der Waals surface area contributed by atoms with E-state index in [1.807, 2.05) is 6.26 Å². The standard InChI is InChI=1S/C23H24F3N5S/c1-32-23-28-15-17(14-27-13-16-3-2-4-20(25)21(16)26)22(29-23)31-11-9-30(10-12-31)19-7-5-18(24)6-8-19/h2-8,15,27H,9-14H2,1H3. The van der Waals surface area contributed by atoms with Crippen LogP contribution in [0.25, 0.3) is 0 Å². The Kier molecular flexibility index (Phi) is 7.16. The van der Waals surface area contributed by atoms with Crippen LogP contribution in [0.1, 0.15) is 11.1 Å². The van der Waals surface area contributed by atoms with Gasteiger partial charge < -0.3 is 15.1 Å². The maximum Gasteiger partial charge on any atom is 0.189 e. The Morgan fingerprint density at radius 3 is 2.31 bits per heavy atom. The zero-order chi connectivity index (χ0) is 22.5. The van der Waals surface area contributed by atoms with Crippen molar-refractivity contribution < 1.29 is 13.2 Å². The summed E-state index contributed by atoms with van der Waals surface area (Å²) in [7, 11) is 0. The molecule has 5 nitrogen and oxygen atoms in total. The molecule has 168 valence electrons. The fraction of sp³-hybridized carbons (Fsp3) is 0.304. The molecule has 2 aromatic carbocycles. The molecule has 0 unspecified atom stereocenters. The van der Waals surface area contributed by atoms with Gasteiger partial charge in [0.2, 0.25) is 0 Å². The average molecular weight is 460 g/mol. The molecular formula is C23H24F3N5S. The summed E-state index contributed by atoms with van der Waals surface area (Å²) in [5, 5.41) is 3.86. The van der Waals surface area contributed by atoms with Gasteiger partial charge in [-0.2, -0.15) is 0 Å². The smallest absolute Gasteiger partial charge is 0.189 e. The highest BCUT2D eigenvalue weighted by molar-refractivity contribution is 7.98. The summed E-state index contributed by atoms with van der Waals surface area (Å²) >= 11 is 1.47. The van der Waals surface area contributed by atoms with Crippen LogP contribution in [0.4, 0.5) is 24.7 Å². The van der Waals surface area contributed by atoms with Gasteiger partial charge in [-0.25, -0.2) is 23.1 Å². The van der Waals surface area contributed by atoms with Crippen LogP contribution in [0.3, 0.4) is 0 Å². The maximum atomic E-state index is 13.9. The van der Waals surface area contributed by atoms with Crippen molar-refractivity contribution in [2.24, 2.45) is 0 Å². The van der Waals surface area contributed by atoms with E-state index in [1.165, 1.54) is 30.0 Å². The van der Waals surface area contributed by atoms with Crippen LogP contribution < -0.4 is 15.1 Å². The fourth-order valence-electron chi connectivity index (χ4n) is 3.72. The van der Waals surface area contributed by atoms with E-state index in [1.54, 1.807) is 24.4 Å². The molecule has 1 fully saturated rings. The van der Waals surface area contributed by atoms with Crippen LogP contribution in [0.15, 0.2) is 53.8 Å². The molecule has 0 bridgehead atoms. The Balaban J connectivity index is 1.44. The van der Waals surface area contributed by atoms with Crippen molar-refractivity contribution >= 4 is 23.3 Å². The van der Waals surface area contributed by atoms with E-state index in [9.17, 15) is 13.2 Å². The van der Waals surface area contributed by atoms with Crippen LogP contribution in [-0.2, 0) is 13.1 Å². The van der Waals surface area contributed by atoms with Crippen molar-refractivity contribution in [1.82, 2.24) is 15.3 Å². The van der Waals surface area contributed by atoms with Gasteiger partial charge in [0.05, 0.1) is 0 Å². The number of halogens is 3. The van der Waals surface area contributed by atoms with E-state index in [0.29, 0.717) is 11.7 Å². The third-order valence-corrected chi connectivity index (χ3v) is 6.00. The Morgan fingerprint density at radius 1 is 0.906 bits per heavy atom. The molecule has 1 aliphatic rings.